The second-order valence-corrected chi connectivity index (χ2v) is 4.64. The van der Waals surface area contributed by atoms with Gasteiger partial charge in [0.25, 0.3) is 5.91 Å². The van der Waals surface area contributed by atoms with Crippen molar-refractivity contribution in [1.82, 2.24) is 4.90 Å². The molecule has 0 spiro atoms. The van der Waals surface area contributed by atoms with E-state index in [9.17, 15) is 4.79 Å². The third-order valence-electron chi connectivity index (χ3n) is 3.25. The molecule has 0 bridgehead atoms. The molecule has 0 aliphatic rings. The van der Waals surface area contributed by atoms with Crippen molar-refractivity contribution in [2.75, 3.05) is 26.8 Å². The number of nitrogens with two attached hydrogens (primary N) is 1. The first-order valence-electron chi connectivity index (χ1n) is 6.96. The Balaban J connectivity index is 2.87. The van der Waals surface area contributed by atoms with Crippen LogP contribution in [0.2, 0.25) is 0 Å². The molecule has 0 fully saturated rings. The normalized spacial score (nSPS) is 11.4. The average Bonchev–Trinajstić information content (AvgIpc) is 2.53. The van der Waals surface area contributed by atoms with E-state index in [4.69, 9.17) is 15.7 Å². The van der Waals surface area contributed by atoms with Gasteiger partial charge in [0.2, 0.25) is 0 Å². The van der Waals surface area contributed by atoms with Gasteiger partial charge in [-0.05, 0) is 18.1 Å². The Kier molecular flexibility index (Phi) is 7.25. The summed E-state index contributed by atoms with van der Waals surface area (Å²) in [7, 11) is 1.59. The molecule has 1 rings (SSSR count). The lowest BCUT2D eigenvalue weighted by atomic mass is 10.0. The van der Waals surface area contributed by atoms with E-state index in [0.29, 0.717) is 31.7 Å². The second-order valence-electron chi connectivity index (χ2n) is 4.64. The zero-order valence-electron chi connectivity index (χ0n) is 12.6. The molecule has 0 unspecified atom stereocenters. The highest BCUT2D eigenvalue weighted by Gasteiger charge is 2.18. The summed E-state index contributed by atoms with van der Waals surface area (Å²) in [4.78, 5) is 14.3. The molecule has 0 aliphatic carbocycles. The summed E-state index contributed by atoms with van der Waals surface area (Å²) < 4.78 is 5.04. The maximum Gasteiger partial charge on any atom is 0.254 e. The van der Waals surface area contributed by atoms with Gasteiger partial charge in [0.05, 0.1) is 6.61 Å². The number of hydrogen-bond donors (Lipinski definition) is 2. The number of nitrogens with zero attached hydrogens (tertiary/aromatic N) is 2. The van der Waals surface area contributed by atoms with Gasteiger partial charge in [0.1, 0.15) is 5.84 Å². The third-order valence-corrected chi connectivity index (χ3v) is 3.25. The Morgan fingerprint density at radius 1 is 1.38 bits per heavy atom. The third kappa shape index (κ3) is 5.07. The Labute approximate surface area is 125 Å². The summed E-state index contributed by atoms with van der Waals surface area (Å²) in [5, 5.41) is 11.5. The zero-order chi connectivity index (χ0) is 15.7. The molecule has 6 nitrogen and oxygen atoms in total. The molecule has 0 saturated carbocycles. The summed E-state index contributed by atoms with van der Waals surface area (Å²) in [5.41, 5.74) is 7.17. The number of hydrogen-bond acceptors (Lipinski definition) is 4. The van der Waals surface area contributed by atoms with E-state index >= 15 is 0 Å². The Hall–Kier alpha value is -2.08. The molecule has 0 saturated heterocycles. The first-order valence-corrected chi connectivity index (χ1v) is 6.96. The van der Waals surface area contributed by atoms with Gasteiger partial charge in [-0.3, -0.25) is 4.79 Å². The number of oxime groups is 1. The first kappa shape index (κ1) is 17.0. The molecule has 1 aromatic rings. The number of carbonyl (C=O) groups excluding carboxylic acids is 1. The van der Waals surface area contributed by atoms with Crippen LogP contribution in [-0.2, 0) is 11.2 Å². The van der Waals surface area contributed by atoms with Gasteiger partial charge in [0, 0.05) is 32.2 Å². The topological polar surface area (TPSA) is 88.2 Å². The second kappa shape index (κ2) is 8.97. The molecule has 1 aromatic carbocycles. The van der Waals surface area contributed by atoms with Gasteiger partial charge in [-0.15, -0.1) is 0 Å². The quantitative estimate of drug-likeness (QED) is 0.329. The van der Waals surface area contributed by atoms with E-state index < -0.39 is 0 Å². The molecule has 0 aliphatic heterocycles. The molecule has 116 valence electrons. The number of methoxy groups -OCH3 is 1. The summed E-state index contributed by atoms with van der Waals surface area (Å²) in [6.07, 6.45) is 1.11. The van der Waals surface area contributed by atoms with Crippen molar-refractivity contribution in [2.24, 2.45) is 10.9 Å². The Bertz CT molecular complexity index is 489. The van der Waals surface area contributed by atoms with Gasteiger partial charge in [0.15, 0.2) is 0 Å². The molecule has 0 aromatic heterocycles. The van der Waals surface area contributed by atoms with Crippen LogP contribution < -0.4 is 5.73 Å². The molecule has 1 amide bonds. The fourth-order valence-corrected chi connectivity index (χ4v) is 2.02. The molecule has 3 N–H and O–H groups in total. The zero-order valence-corrected chi connectivity index (χ0v) is 12.6. The van der Waals surface area contributed by atoms with Gasteiger partial charge >= 0.3 is 0 Å². The van der Waals surface area contributed by atoms with E-state index in [1.165, 1.54) is 0 Å². The molecular formula is C15H23N3O3. The van der Waals surface area contributed by atoms with E-state index in [0.717, 1.165) is 12.0 Å². The Morgan fingerprint density at radius 2 is 2.10 bits per heavy atom. The molecule has 6 heteroatoms. The fourth-order valence-electron chi connectivity index (χ4n) is 2.02. The van der Waals surface area contributed by atoms with E-state index in [1.807, 2.05) is 31.2 Å². The molecular weight excluding hydrogens is 270 g/mol. The maximum absolute atomic E-state index is 12.7. The minimum Gasteiger partial charge on any atom is -0.409 e. The lowest BCUT2D eigenvalue weighted by molar-refractivity contribution is 0.0699. The van der Waals surface area contributed by atoms with Crippen LogP contribution in [0.1, 0.15) is 29.3 Å². The number of benzene rings is 1. The van der Waals surface area contributed by atoms with E-state index in [-0.39, 0.29) is 11.7 Å². The van der Waals surface area contributed by atoms with Crippen LogP contribution in [0.15, 0.2) is 29.4 Å². The number of aryl methyl sites for hydroxylation is 1. The SMILES string of the molecule is CCc1ccccc1C(=O)N(CCOC)CC/C(N)=N/O. The van der Waals surface area contributed by atoms with Gasteiger partial charge in [-0.1, -0.05) is 30.3 Å². The van der Waals surface area contributed by atoms with Crippen molar-refractivity contribution in [3.05, 3.63) is 35.4 Å². The van der Waals surface area contributed by atoms with Crippen LogP contribution in [0.5, 0.6) is 0 Å². The summed E-state index contributed by atoms with van der Waals surface area (Å²) in [6.45, 7) is 3.31. The predicted octanol–water partition coefficient (Wildman–Crippen LogP) is 1.47. The highest BCUT2D eigenvalue weighted by molar-refractivity contribution is 5.96. The minimum absolute atomic E-state index is 0.0600. The molecule has 0 radical (unpaired) electrons. The van der Waals surface area contributed by atoms with Crippen molar-refractivity contribution in [3.8, 4) is 0 Å². The summed E-state index contributed by atoms with van der Waals surface area (Å²) in [6, 6.07) is 7.55. The van der Waals surface area contributed by atoms with Crippen molar-refractivity contribution < 1.29 is 14.7 Å². The largest absolute Gasteiger partial charge is 0.409 e. The summed E-state index contributed by atoms with van der Waals surface area (Å²) in [5.74, 6) is 0.0456. The highest BCUT2D eigenvalue weighted by Crippen LogP contribution is 2.13. The number of ether oxygens (including phenoxy) is 1. The minimum atomic E-state index is -0.0600. The lowest BCUT2D eigenvalue weighted by Gasteiger charge is -2.23. The fraction of sp³-hybridized carbons (Fsp3) is 0.467. The van der Waals surface area contributed by atoms with Gasteiger partial charge < -0.3 is 20.6 Å². The van der Waals surface area contributed by atoms with Gasteiger partial charge in [-0.25, -0.2) is 0 Å². The van der Waals surface area contributed by atoms with Crippen molar-refractivity contribution in [1.29, 1.82) is 0 Å². The van der Waals surface area contributed by atoms with Gasteiger partial charge in [-0.2, -0.15) is 0 Å². The van der Waals surface area contributed by atoms with Crippen molar-refractivity contribution in [3.63, 3.8) is 0 Å². The smallest absolute Gasteiger partial charge is 0.254 e. The van der Waals surface area contributed by atoms with E-state index in [2.05, 4.69) is 5.16 Å². The number of amidine groups is 1. The summed E-state index contributed by atoms with van der Waals surface area (Å²) >= 11 is 0. The standard InChI is InChI=1S/C15H23N3O3/c1-3-12-6-4-5-7-13(12)15(19)18(10-11-21-2)9-8-14(16)17-20/h4-7,20H,3,8-11H2,1-2H3,(H2,16,17). The molecule has 0 atom stereocenters. The van der Waals surface area contributed by atoms with Crippen molar-refractivity contribution in [2.45, 2.75) is 19.8 Å². The van der Waals surface area contributed by atoms with E-state index in [1.54, 1.807) is 12.0 Å². The highest BCUT2D eigenvalue weighted by atomic mass is 16.5. The van der Waals surface area contributed by atoms with Crippen LogP contribution in [-0.4, -0.2) is 48.7 Å². The van der Waals surface area contributed by atoms with Crippen LogP contribution in [0.4, 0.5) is 0 Å². The number of rotatable bonds is 8. The number of carbonyl (C=O) groups is 1. The van der Waals surface area contributed by atoms with Crippen LogP contribution >= 0.6 is 0 Å². The lowest BCUT2D eigenvalue weighted by Crippen LogP contribution is -2.37. The van der Waals surface area contributed by atoms with Crippen LogP contribution in [0.25, 0.3) is 0 Å². The Morgan fingerprint density at radius 3 is 2.71 bits per heavy atom. The first-order chi connectivity index (χ1) is 10.1. The van der Waals surface area contributed by atoms with Crippen LogP contribution in [0, 0.1) is 0 Å². The predicted molar refractivity (Wildman–Crippen MR) is 81.6 cm³/mol. The molecule has 21 heavy (non-hydrogen) atoms. The van der Waals surface area contributed by atoms with Crippen molar-refractivity contribution >= 4 is 11.7 Å². The number of amides is 1. The molecule has 0 heterocycles. The average molecular weight is 293 g/mol. The van der Waals surface area contributed by atoms with Crippen LogP contribution in [0.3, 0.4) is 0 Å². The monoisotopic (exact) mass is 293 g/mol. The maximum atomic E-state index is 12.7.